The maximum Gasteiger partial charge on any atom is 0.416 e. The normalized spacial score (nSPS) is 15.1. The summed E-state index contributed by atoms with van der Waals surface area (Å²) in [6.07, 6.45) is -4.54. The van der Waals surface area contributed by atoms with Gasteiger partial charge in [-0.25, -0.2) is 0 Å². The van der Waals surface area contributed by atoms with Crippen molar-refractivity contribution < 1.29 is 27.5 Å². The molecular weight excluding hydrogens is 461 g/mol. The summed E-state index contributed by atoms with van der Waals surface area (Å²) in [5.74, 6) is -0.807. The van der Waals surface area contributed by atoms with E-state index in [2.05, 4.69) is 10.6 Å². The fourth-order valence-electron chi connectivity index (χ4n) is 3.88. The van der Waals surface area contributed by atoms with E-state index >= 15 is 0 Å². The van der Waals surface area contributed by atoms with Crippen LogP contribution in [0.15, 0.2) is 36.4 Å². The molecule has 190 valence electrons. The number of amides is 2. The van der Waals surface area contributed by atoms with Crippen LogP contribution in [0.4, 0.5) is 30.2 Å². The predicted molar refractivity (Wildman–Crippen MR) is 130 cm³/mol. The van der Waals surface area contributed by atoms with Gasteiger partial charge in [-0.05, 0) is 57.1 Å². The molecule has 0 spiro atoms. The van der Waals surface area contributed by atoms with Gasteiger partial charge in [0.2, 0.25) is 11.8 Å². The van der Waals surface area contributed by atoms with Gasteiger partial charge in [0.15, 0.2) is 0 Å². The molecule has 2 amide bonds. The van der Waals surface area contributed by atoms with E-state index in [1.807, 2.05) is 36.9 Å². The number of benzene rings is 2. The first-order valence-electron chi connectivity index (χ1n) is 11.4. The Kier molecular flexibility index (Phi) is 8.39. The molecule has 10 heteroatoms. The Labute approximate surface area is 203 Å². The van der Waals surface area contributed by atoms with Crippen LogP contribution < -0.4 is 15.5 Å². The van der Waals surface area contributed by atoms with Gasteiger partial charge in [-0.15, -0.1) is 0 Å². The summed E-state index contributed by atoms with van der Waals surface area (Å²) in [5, 5.41) is 5.52. The number of rotatable bonds is 7. The van der Waals surface area contributed by atoms with Crippen molar-refractivity contribution in [2.24, 2.45) is 0 Å². The Bertz CT molecular complexity index is 1050. The van der Waals surface area contributed by atoms with E-state index in [0.29, 0.717) is 32.0 Å². The van der Waals surface area contributed by atoms with Crippen LogP contribution in [0.5, 0.6) is 0 Å². The van der Waals surface area contributed by atoms with Gasteiger partial charge in [0.05, 0.1) is 42.7 Å². The lowest BCUT2D eigenvalue weighted by Gasteiger charge is -2.31. The zero-order valence-electron chi connectivity index (χ0n) is 20.3. The lowest BCUT2D eigenvalue weighted by molar-refractivity contribution is -0.137. The average molecular weight is 493 g/mol. The molecule has 1 atom stereocenters. The number of carbonyl (C=O) groups is 2. The number of nitrogens with zero attached hydrogens (tertiary/aromatic N) is 2. The van der Waals surface area contributed by atoms with E-state index in [4.69, 9.17) is 4.74 Å². The van der Waals surface area contributed by atoms with E-state index in [-0.39, 0.29) is 18.1 Å². The van der Waals surface area contributed by atoms with Crippen molar-refractivity contribution in [2.45, 2.75) is 33.0 Å². The molecular formula is C25H31F3N4O3. The highest BCUT2D eigenvalue weighted by Gasteiger charge is 2.32. The van der Waals surface area contributed by atoms with Crippen molar-refractivity contribution in [2.75, 3.05) is 55.4 Å². The molecule has 2 aromatic rings. The minimum atomic E-state index is -4.54. The molecule has 1 saturated heterocycles. The summed E-state index contributed by atoms with van der Waals surface area (Å²) < 4.78 is 45.4. The number of ether oxygens (including phenoxy) is 1. The largest absolute Gasteiger partial charge is 0.416 e. The second-order valence-corrected chi connectivity index (χ2v) is 8.72. The molecule has 3 rings (SSSR count). The van der Waals surface area contributed by atoms with Crippen molar-refractivity contribution in [3.8, 4) is 0 Å². The number of alkyl halides is 3. The Hall–Kier alpha value is -3.11. The van der Waals surface area contributed by atoms with Crippen molar-refractivity contribution in [1.29, 1.82) is 0 Å². The van der Waals surface area contributed by atoms with Gasteiger partial charge in [0.25, 0.3) is 0 Å². The summed E-state index contributed by atoms with van der Waals surface area (Å²) in [5.41, 5.74) is 2.30. The number of anilines is 3. The van der Waals surface area contributed by atoms with Crippen LogP contribution >= 0.6 is 0 Å². The molecule has 2 N–H and O–H groups in total. The summed E-state index contributed by atoms with van der Waals surface area (Å²) in [6, 6.07) is 8.24. The van der Waals surface area contributed by atoms with E-state index in [9.17, 15) is 22.8 Å². The number of para-hydroxylation sites is 1. The molecule has 2 aromatic carbocycles. The third kappa shape index (κ3) is 6.73. The van der Waals surface area contributed by atoms with Crippen LogP contribution in [0.3, 0.4) is 0 Å². The SMILES string of the molecule is Cc1cccc(C)c1NC(=O)CN(C)C(C)C(=O)Nc1cc(C(F)(F)F)ccc1N1CCOCC1. The van der Waals surface area contributed by atoms with E-state index in [1.165, 1.54) is 6.07 Å². The number of hydrogen-bond donors (Lipinski definition) is 2. The minimum Gasteiger partial charge on any atom is -0.378 e. The molecule has 0 aliphatic carbocycles. The van der Waals surface area contributed by atoms with Gasteiger partial charge < -0.3 is 20.3 Å². The Morgan fingerprint density at radius 3 is 2.31 bits per heavy atom. The van der Waals surface area contributed by atoms with Gasteiger partial charge in [-0.2, -0.15) is 13.2 Å². The summed E-state index contributed by atoms with van der Waals surface area (Å²) >= 11 is 0. The number of morpholine rings is 1. The quantitative estimate of drug-likeness (QED) is 0.610. The molecule has 1 aliphatic heterocycles. The van der Waals surface area contributed by atoms with Crippen molar-refractivity contribution in [1.82, 2.24) is 4.90 Å². The molecule has 1 heterocycles. The number of carbonyl (C=O) groups excluding carboxylic acids is 2. The van der Waals surface area contributed by atoms with Gasteiger partial charge in [-0.3, -0.25) is 14.5 Å². The smallest absolute Gasteiger partial charge is 0.378 e. The highest BCUT2D eigenvalue weighted by molar-refractivity contribution is 5.99. The van der Waals surface area contributed by atoms with Gasteiger partial charge >= 0.3 is 6.18 Å². The van der Waals surface area contributed by atoms with Crippen molar-refractivity contribution >= 4 is 28.9 Å². The van der Waals surface area contributed by atoms with Gasteiger partial charge in [-0.1, -0.05) is 18.2 Å². The first kappa shape index (κ1) is 26.5. The van der Waals surface area contributed by atoms with Crippen LogP contribution in [0.25, 0.3) is 0 Å². The number of likely N-dealkylation sites (N-methyl/N-ethyl adjacent to an activating group) is 1. The van der Waals surface area contributed by atoms with E-state index in [0.717, 1.165) is 28.9 Å². The zero-order valence-corrected chi connectivity index (χ0v) is 20.3. The molecule has 0 bridgehead atoms. The number of hydrogen-bond acceptors (Lipinski definition) is 5. The standard InChI is InChI=1S/C25H31F3N4O3/c1-16-6-5-7-17(2)23(16)30-22(33)15-31(4)18(3)24(34)29-20-14-19(25(26,27)28)8-9-21(20)32-10-12-35-13-11-32/h5-9,14,18H,10-13,15H2,1-4H3,(H,29,34)(H,30,33). The monoisotopic (exact) mass is 492 g/mol. The van der Waals surface area contributed by atoms with Gasteiger partial charge in [0, 0.05) is 18.8 Å². The summed E-state index contributed by atoms with van der Waals surface area (Å²) in [4.78, 5) is 29.0. The number of aryl methyl sites for hydroxylation is 2. The molecule has 0 saturated carbocycles. The molecule has 35 heavy (non-hydrogen) atoms. The second-order valence-electron chi connectivity index (χ2n) is 8.72. The molecule has 1 fully saturated rings. The summed E-state index contributed by atoms with van der Waals surface area (Å²) in [7, 11) is 1.61. The Morgan fingerprint density at radius 1 is 1.09 bits per heavy atom. The van der Waals surface area contributed by atoms with Gasteiger partial charge in [0.1, 0.15) is 0 Å². The topological polar surface area (TPSA) is 73.9 Å². The zero-order chi connectivity index (χ0) is 25.8. The van der Waals surface area contributed by atoms with Crippen LogP contribution in [-0.2, 0) is 20.5 Å². The number of halogens is 3. The third-order valence-corrected chi connectivity index (χ3v) is 6.11. The van der Waals surface area contributed by atoms with Crippen LogP contribution in [0, 0.1) is 13.8 Å². The van der Waals surface area contributed by atoms with Crippen molar-refractivity contribution in [3.63, 3.8) is 0 Å². The lowest BCUT2D eigenvalue weighted by Crippen LogP contribution is -2.43. The Balaban J connectivity index is 1.72. The molecule has 0 radical (unpaired) electrons. The molecule has 1 aliphatic rings. The van der Waals surface area contributed by atoms with E-state index in [1.54, 1.807) is 18.9 Å². The van der Waals surface area contributed by atoms with E-state index < -0.39 is 23.7 Å². The highest BCUT2D eigenvalue weighted by atomic mass is 19.4. The molecule has 1 unspecified atom stereocenters. The maximum absolute atomic E-state index is 13.3. The minimum absolute atomic E-state index is 0.0682. The first-order valence-corrected chi connectivity index (χ1v) is 11.4. The highest BCUT2D eigenvalue weighted by Crippen LogP contribution is 2.36. The summed E-state index contributed by atoms with van der Waals surface area (Å²) in [6.45, 7) is 7.22. The average Bonchev–Trinajstić information content (AvgIpc) is 2.81. The maximum atomic E-state index is 13.3. The molecule has 7 nitrogen and oxygen atoms in total. The van der Waals surface area contributed by atoms with Crippen LogP contribution in [-0.4, -0.2) is 62.7 Å². The van der Waals surface area contributed by atoms with Crippen molar-refractivity contribution in [3.05, 3.63) is 53.1 Å². The third-order valence-electron chi connectivity index (χ3n) is 6.11. The Morgan fingerprint density at radius 2 is 1.71 bits per heavy atom. The fraction of sp³-hybridized carbons (Fsp3) is 0.440. The second kappa shape index (κ2) is 11.1. The fourth-order valence-corrected chi connectivity index (χ4v) is 3.88. The molecule has 0 aromatic heterocycles. The van der Waals surface area contributed by atoms with Crippen LogP contribution in [0.1, 0.15) is 23.6 Å². The first-order chi connectivity index (χ1) is 16.5. The number of nitrogens with one attached hydrogen (secondary N) is 2. The van der Waals surface area contributed by atoms with Crippen LogP contribution in [0.2, 0.25) is 0 Å². The lowest BCUT2D eigenvalue weighted by atomic mass is 10.1. The predicted octanol–water partition coefficient (Wildman–Crippen LogP) is 4.06.